The van der Waals surface area contributed by atoms with E-state index in [1.165, 1.54) is 22.4 Å². The van der Waals surface area contributed by atoms with Gasteiger partial charge in [-0.1, -0.05) is 29.3 Å². The summed E-state index contributed by atoms with van der Waals surface area (Å²) in [6, 6.07) is 7.37. The zero-order valence-corrected chi connectivity index (χ0v) is 13.8. The molecule has 1 aromatic rings. The van der Waals surface area contributed by atoms with Crippen molar-refractivity contribution in [3.63, 3.8) is 0 Å². The van der Waals surface area contributed by atoms with Gasteiger partial charge in [0.2, 0.25) is 0 Å². The van der Waals surface area contributed by atoms with Crippen molar-refractivity contribution in [3.8, 4) is 0 Å². The molecule has 1 aromatic carbocycles. The van der Waals surface area contributed by atoms with Crippen LogP contribution < -0.4 is 5.73 Å². The van der Waals surface area contributed by atoms with Crippen LogP contribution in [0.1, 0.15) is 36.1 Å². The second-order valence-electron chi connectivity index (χ2n) is 5.60. The topological polar surface area (TPSA) is 29.3 Å². The highest BCUT2D eigenvalue weighted by Crippen LogP contribution is 2.18. The number of hydrogen-bond donors (Lipinski definition) is 1. The van der Waals surface area contributed by atoms with Crippen molar-refractivity contribution in [1.29, 1.82) is 0 Å². The van der Waals surface area contributed by atoms with Crippen molar-refractivity contribution in [3.05, 3.63) is 34.9 Å². The second kappa shape index (κ2) is 7.93. The minimum Gasteiger partial charge on any atom is -0.324 e. The first kappa shape index (κ1) is 16.5. The summed E-state index contributed by atoms with van der Waals surface area (Å²) in [4.78, 5) is 2.40. The molecule has 2 atom stereocenters. The van der Waals surface area contributed by atoms with Crippen molar-refractivity contribution >= 4 is 11.8 Å². The van der Waals surface area contributed by atoms with Crippen LogP contribution in [0.2, 0.25) is 0 Å². The van der Waals surface area contributed by atoms with Gasteiger partial charge >= 0.3 is 0 Å². The molecule has 0 aliphatic heterocycles. The van der Waals surface area contributed by atoms with Crippen molar-refractivity contribution in [2.24, 2.45) is 5.73 Å². The van der Waals surface area contributed by atoms with E-state index < -0.39 is 0 Å². The Morgan fingerprint density at radius 3 is 2.32 bits per heavy atom. The Kier molecular flexibility index (Phi) is 6.90. The second-order valence-corrected chi connectivity index (χ2v) is 6.51. The maximum atomic E-state index is 6.32. The number of hydrogen-bond acceptors (Lipinski definition) is 3. The van der Waals surface area contributed by atoms with Crippen LogP contribution in [-0.2, 0) is 0 Å². The SMILES string of the molecule is CSCC(C)N(C)CCC(N)c1cc(C)cc(C)c1. The highest BCUT2D eigenvalue weighted by Gasteiger charge is 2.12. The van der Waals surface area contributed by atoms with Gasteiger partial charge in [0.25, 0.3) is 0 Å². The number of thioether (sulfide) groups is 1. The average molecular weight is 280 g/mol. The summed E-state index contributed by atoms with van der Waals surface area (Å²) < 4.78 is 0. The Hall–Kier alpha value is -0.510. The maximum Gasteiger partial charge on any atom is 0.0307 e. The van der Waals surface area contributed by atoms with Crippen molar-refractivity contribution in [2.45, 2.75) is 39.3 Å². The number of nitrogens with two attached hydrogens (primary N) is 1. The molecule has 0 fully saturated rings. The zero-order chi connectivity index (χ0) is 14.4. The van der Waals surface area contributed by atoms with E-state index in [-0.39, 0.29) is 6.04 Å². The summed E-state index contributed by atoms with van der Waals surface area (Å²) >= 11 is 1.90. The summed E-state index contributed by atoms with van der Waals surface area (Å²) in [7, 11) is 2.19. The first-order chi connectivity index (χ1) is 8.93. The molecule has 3 heteroatoms. The lowest BCUT2D eigenvalue weighted by atomic mass is 9.99. The van der Waals surface area contributed by atoms with Crippen LogP contribution in [0.15, 0.2) is 18.2 Å². The molecule has 2 nitrogen and oxygen atoms in total. The summed E-state index contributed by atoms with van der Waals surface area (Å²) in [5.74, 6) is 1.18. The largest absolute Gasteiger partial charge is 0.324 e. The van der Waals surface area contributed by atoms with Gasteiger partial charge in [0, 0.05) is 17.8 Å². The molecule has 0 aliphatic rings. The smallest absolute Gasteiger partial charge is 0.0307 e. The van der Waals surface area contributed by atoms with E-state index in [1.54, 1.807) is 0 Å². The van der Waals surface area contributed by atoms with E-state index in [0.29, 0.717) is 6.04 Å². The van der Waals surface area contributed by atoms with Gasteiger partial charge in [-0.3, -0.25) is 0 Å². The standard InChI is InChI=1S/C16H28N2S/c1-12-8-13(2)10-15(9-12)16(17)6-7-18(4)14(3)11-19-5/h8-10,14,16H,6-7,11,17H2,1-5H3. The van der Waals surface area contributed by atoms with Crippen LogP contribution in [-0.4, -0.2) is 36.5 Å². The van der Waals surface area contributed by atoms with Gasteiger partial charge in [0.05, 0.1) is 0 Å². The number of nitrogens with zero attached hydrogens (tertiary/aromatic N) is 1. The van der Waals surface area contributed by atoms with Gasteiger partial charge in [-0.2, -0.15) is 11.8 Å². The van der Waals surface area contributed by atoms with Crippen LogP contribution in [0.5, 0.6) is 0 Å². The number of benzene rings is 1. The molecule has 0 saturated carbocycles. The zero-order valence-electron chi connectivity index (χ0n) is 12.9. The van der Waals surface area contributed by atoms with E-state index in [0.717, 1.165) is 13.0 Å². The van der Waals surface area contributed by atoms with Crippen LogP contribution in [0.25, 0.3) is 0 Å². The molecule has 0 aliphatic carbocycles. The molecular formula is C16H28N2S. The predicted octanol–water partition coefficient (Wildman–Crippen LogP) is 3.38. The fourth-order valence-corrected chi connectivity index (χ4v) is 3.06. The Morgan fingerprint density at radius 2 is 1.79 bits per heavy atom. The van der Waals surface area contributed by atoms with Crippen LogP contribution >= 0.6 is 11.8 Å². The van der Waals surface area contributed by atoms with E-state index in [1.807, 2.05) is 11.8 Å². The lowest BCUT2D eigenvalue weighted by molar-refractivity contribution is 0.267. The number of rotatable bonds is 7. The quantitative estimate of drug-likeness (QED) is 0.830. The van der Waals surface area contributed by atoms with Crippen molar-refractivity contribution < 1.29 is 0 Å². The average Bonchev–Trinajstić information content (AvgIpc) is 2.34. The molecule has 2 N–H and O–H groups in total. The summed E-state index contributed by atoms with van der Waals surface area (Å²) in [5, 5.41) is 0. The third-order valence-electron chi connectivity index (χ3n) is 3.63. The fourth-order valence-electron chi connectivity index (χ4n) is 2.32. The summed E-state index contributed by atoms with van der Waals surface area (Å²) in [5.41, 5.74) is 10.2. The third kappa shape index (κ3) is 5.55. The summed E-state index contributed by atoms with van der Waals surface area (Å²) in [6.07, 6.45) is 3.17. The molecule has 0 amide bonds. The monoisotopic (exact) mass is 280 g/mol. The highest BCUT2D eigenvalue weighted by molar-refractivity contribution is 7.98. The number of aryl methyl sites for hydroxylation is 2. The van der Waals surface area contributed by atoms with Gasteiger partial charge in [-0.25, -0.2) is 0 Å². The predicted molar refractivity (Wildman–Crippen MR) is 87.9 cm³/mol. The molecule has 19 heavy (non-hydrogen) atoms. The minimum absolute atomic E-state index is 0.141. The molecule has 0 aromatic heterocycles. The van der Waals surface area contributed by atoms with Crippen LogP contribution in [0.4, 0.5) is 0 Å². The summed E-state index contributed by atoms with van der Waals surface area (Å²) in [6.45, 7) is 7.60. The lowest BCUT2D eigenvalue weighted by Crippen LogP contribution is -2.33. The Balaban J connectivity index is 2.53. The van der Waals surface area contributed by atoms with Crippen molar-refractivity contribution in [2.75, 3.05) is 25.6 Å². The first-order valence-corrected chi connectivity index (χ1v) is 8.36. The van der Waals surface area contributed by atoms with Gasteiger partial charge in [-0.15, -0.1) is 0 Å². The van der Waals surface area contributed by atoms with Crippen LogP contribution in [0, 0.1) is 13.8 Å². The Labute approximate surface area is 122 Å². The van der Waals surface area contributed by atoms with E-state index in [4.69, 9.17) is 5.73 Å². The molecule has 0 radical (unpaired) electrons. The Morgan fingerprint density at radius 1 is 1.21 bits per heavy atom. The molecule has 2 unspecified atom stereocenters. The van der Waals surface area contributed by atoms with Gasteiger partial charge in [-0.05, 0) is 52.6 Å². The molecule has 108 valence electrons. The van der Waals surface area contributed by atoms with E-state index >= 15 is 0 Å². The van der Waals surface area contributed by atoms with Crippen molar-refractivity contribution in [1.82, 2.24) is 4.90 Å². The molecule has 1 rings (SSSR count). The normalized spacial score (nSPS) is 14.7. The molecule has 0 saturated heterocycles. The van der Waals surface area contributed by atoms with Gasteiger partial charge in [0.1, 0.15) is 0 Å². The fraction of sp³-hybridized carbons (Fsp3) is 0.625. The van der Waals surface area contributed by atoms with Crippen LogP contribution in [0.3, 0.4) is 0 Å². The first-order valence-electron chi connectivity index (χ1n) is 6.97. The third-order valence-corrected chi connectivity index (χ3v) is 4.44. The van der Waals surface area contributed by atoms with Gasteiger partial charge < -0.3 is 10.6 Å². The van der Waals surface area contributed by atoms with E-state index in [9.17, 15) is 0 Å². The minimum atomic E-state index is 0.141. The maximum absolute atomic E-state index is 6.32. The molecule has 0 heterocycles. The molecule has 0 spiro atoms. The molecular weight excluding hydrogens is 252 g/mol. The Bertz CT molecular complexity index is 372. The molecule has 0 bridgehead atoms. The van der Waals surface area contributed by atoms with Gasteiger partial charge in [0.15, 0.2) is 0 Å². The highest BCUT2D eigenvalue weighted by atomic mass is 32.2. The lowest BCUT2D eigenvalue weighted by Gasteiger charge is -2.25. The van der Waals surface area contributed by atoms with E-state index in [2.05, 4.69) is 57.2 Å².